The molecule has 0 aliphatic carbocycles. The van der Waals surface area contributed by atoms with Gasteiger partial charge in [-0.2, -0.15) is 0 Å². The first kappa shape index (κ1) is 16.0. The lowest BCUT2D eigenvalue weighted by Crippen LogP contribution is -2.10. The molecule has 0 saturated heterocycles. The lowest BCUT2D eigenvalue weighted by molar-refractivity contribution is -0.133. The molecule has 9 nitrogen and oxygen atoms in total. The van der Waals surface area contributed by atoms with Gasteiger partial charge in [-0.3, -0.25) is 0 Å². The van der Waals surface area contributed by atoms with Gasteiger partial charge in [0.15, 0.2) is 0 Å². The van der Waals surface area contributed by atoms with Crippen LogP contribution in [0.3, 0.4) is 0 Å². The van der Waals surface area contributed by atoms with Crippen LogP contribution in [0.25, 0.3) is 16.6 Å². The lowest BCUT2D eigenvalue weighted by atomic mass is 10.2. The van der Waals surface area contributed by atoms with E-state index in [0.717, 1.165) is 5.52 Å². The van der Waals surface area contributed by atoms with Crippen LogP contribution in [0.1, 0.15) is 5.82 Å². The highest BCUT2D eigenvalue weighted by molar-refractivity contribution is 7.99. The van der Waals surface area contributed by atoms with Crippen molar-refractivity contribution in [3.8, 4) is 0 Å². The van der Waals surface area contributed by atoms with Crippen LogP contribution < -0.4 is 0 Å². The molecule has 0 aliphatic heterocycles. The predicted molar refractivity (Wildman–Crippen MR) is 87.2 cm³/mol. The molecular weight excluding hydrogens is 332 g/mol. The molecule has 0 aliphatic rings. The molecule has 0 bridgehead atoms. The average molecular weight is 346 g/mol. The van der Waals surface area contributed by atoms with Crippen molar-refractivity contribution < 1.29 is 14.6 Å². The van der Waals surface area contributed by atoms with Crippen LogP contribution in [-0.4, -0.2) is 54.1 Å². The number of carbonyl (C=O) groups excluding carboxylic acids is 1. The van der Waals surface area contributed by atoms with Crippen LogP contribution in [0, 0.1) is 0 Å². The third kappa shape index (κ3) is 3.08. The molecule has 1 aromatic carbocycles. The second-order valence-corrected chi connectivity index (χ2v) is 5.73. The van der Waals surface area contributed by atoms with E-state index < -0.39 is 5.97 Å². The summed E-state index contributed by atoms with van der Waals surface area (Å²) in [5.74, 6) is -0.509. The fraction of sp³-hybridized carbons (Fsp3) is 0.214. The third-order valence-corrected chi connectivity index (χ3v) is 4.25. The molecule has 3 rings (SSSR count). The third-order valence-electron chi connectivity index (χ3n) is 3.22. The van der Waals surface area contributed by atoms with Gasteiger partial charge in [0.25, 0.3) is 0 Å². The Labute approximate surface area is 140 Å². The number of nitrogens with zero attached hydrogens (tertiary/aromatic N) is 5. The number of aliphatic hydroxyl groups excluding tert-OH is 1. The van der Waals surface area contributed by atoms with Gasteiger partial charge in [0.05, 0.1) is 23.9 Å². The van der Waals surface area contributed by atoms with Gasteiger partial charge < -0.3 is 14.8 Å². The van der Waals surface area contributed by atoms with Crippen LogP contribution in [0.2, 0.25) is 0 Å². The number of benzene rings is 1. The summed E-state index contributed by atoms with van der Waals surface area (Å²) >= 11 is 1.19. The molecule has 0 amide bonds. The number of aromatic amines is 1. The Balaban J connectivity index is 1.95. The summed E-state index contributed by atoms with van der Waals surface area (Å²) in [6.45, 7) is 0. The van der Waals surface area contributed by atoms with E-state index in [-0.39, 0.29) is 22.9 Å². The lowest BCUT2D eigenvalue weighted by Gasteiger charge is -2.06. The standard InChI is InChI=1S/C14H14N6O3S/c1-20-14(17-18-19-20)24-7-10(21)11(13(22)23-2)12-15-8-5-3-4-6-9(8)16-12/h3-6,21H,7H2,1-2H3,(H,15,16)/b11-10-. The first-order valence-electron chi connectivity index (χ1n) is 6.91. The average Bonchev–Trinajstić information content (AvgIpc) is 3.18. The molecule has 0 spiro atoms. The number of hydrogen-bond donors (Lipinski definition) is 2. The minimum Gasteiger partial charge on any atom is -0.510 e. The second-order valence-electron chi connectivity index (χ2n) is 4.79. The molecule has 0 saturated carbocycles. The number of ether oxygens (including phenoxy) is 1. The smallest absolute Gasteiger partial charge is 0.345 e. The maximum Gasteiger partial charge on any atom is 0.345 e. The minimum absolute atomic E-state index is 0.0173. The molecule has 3 aromatic rings. The van der Waals surface area contributed by atoms with Crippen molar-refractivity contribution >= 4 is 34.3 Å². The highest BCUT2D eigenvalue weighted by Gasteiger charge is 2.22. The number of aryl methyl sites for hydroxylation is 1. The van der Waals surface area contributed by atoms with E-state index in [2.05, 4.69) is 25.5 Å². The van der Waals surface area contributed by atoms with Gasteiger partial charge in [0.2, 0.25) is 5.16 Å². The van der Waals surface area contributed by atoms with E-state index in [0.29, 0.717) is 10.7 Å². The number of esters is 1. The molecule has 0 radical (unpaired) electrons. The Hall–Kier alpha value is -2.88. The summed E-state index contributed by atoms with van der Waals surface area (Å²) < 4.78 is 6.24. The van der Waals surface area contributed by atoms with Crippen LogP contribution in [-0.2, 0) is 16.6 Å². The molecule has 2 aromatic heterocycles. The molecular formula is C14H14N6O3S. The fourth-order valence-corrected chi connectivity index (χ4v) is 2.80. The van der Waals surface area contributed by atoms with Gasteiger partial charge in [-0.15, -0.1) is 5.10 Å². The molecule has 0 atom stereocenters. The summed E-state index contributed by atoms with van der Waals surface area (Å²) in [5.41, 5.74) is 1.43. The number of methoxy groups -OCH3 is 1. The highest BCUT2D eigenvalue weighted by atomic mass is 32.2. The van der Waals surface area contributed by atoms with Crippen LogP contribution >= 0.6 is 11.8 Å². The molecule has 0 unspecified atom stereocenters. The summed E-state index contributed by atoms with van der Waals surface area (Å²) in [6.07, 6.45) is 0. The van der Waals surface area contributed by atoms with Gasteiger partial charge in [-0.25, -0.2) is 14.5 Å². The van der Waals surface area contributed by atoms with Crippen LogP contribution in [0.5, 0.6) is 0 Å². The van der Waals surface area contributed by atoms with E-state index in [1.54, 1.807) is 13.1 Å². The molecule has 10 heteroatoms. The van der Waals surface area contributed by atoms with E-state index in [1.807, 2.05) is 18.2 Å². The van der Waals surface area contributed by atoms with Gasteiger partial charge in [0.1, 0.15) is 17.2 Å². The van der Waals surface area contributed by atoms with Crippen molar-refractivity contribution in [3.05, 3.63) is 35.8 Å². The van der Waals surface area contributed by atoms with E-state index in [1.165, 1.54) is 23.6 Å². The number of aliphatic hydroxyl groups is 1. The number of tetrazole rings is 1. The summed E-state index contributed by atoms with van der Waals surface area (Å²) in [4.78, 5) is 19.5. The number of nitrogens with one attached hydrogen (secondary N) is 1. The van der Waals surface area contributed by atoms with Crippen molar-refractivity contribution in [2.45, 2.75) is 5.16 Å². The number of fused-ring (bicyclic) bond motifs is 1. The normalized spacial score (nSPS) is 12.2. The minimum atomic E-state index is -0.678. The molecule has 124 valence electrons. The summed E-state index contributed by atoms with van der Waals surface area (Å²) in [6, 6.07) is 7.33. The number of H-pyrrole nitrogens is 1. The topological polar surface area (TPSA) is 119 Å². The van der Waals surface area contributed by atoms with Gasteiger partial charge >= 0.3 is 5.97 Å². The number of imidazole rings is 1. The second kappa shape index (κ2) is 6.71. The number of para-hydroxylation sites is 2. The zero-order chi connectivity index (χ0) is 17.1. The number of hydrogen-bond acceptors (Lipinski definition) is 8. The van der Waals surface area contributed by atoms with E-state index in [4.69, 9.17) is 4.74 Å². The van der Waals surface area contributed by atoms with Crippen molar-refractivity contribution in [2.75, 3.05) is 12.9 Å². The van der Waals surface area contributed by atoms with Crippen molar-refractivity contribution in [3.63, 3.8) is 0 Å². The van der Waals surface area contributed by atoms with Crippen molar-refractivity contribution in [2.24, 2.45) is 7.05 Å². The Morgan fingerprint density at radius 1 is 1.42 bits per heavy atom. The number of carbonyl (C=O) groups is 1. The summed E-state index contributed by atoms with van der Waals surface area (Å²) in [5, 5.41) is 21.9. The summed E-state index contributed by atoms with van der Waals surface area (Å²) in [7, 11) is 2.93. The van der Waals surface area contributed by atoms with Gasteiger partial charge in [-0.1, -0.05) is 23.9 Å². The van der Waals surface area contributed by atoms with Crippen molar-refractivity contribution in [1.82, 2.24) is 30.2 Å². The highest BCUT2D eigenvalue weighted by Crippen LogP contribution is 2.24. The molecule has 24 heavy (non-hydrogen) atoms. The van der Waals surface area contributed by atoms with E-state index >= 15 is 0 Å². The molecule has 2 N–H and O–H groups in total. The largest absolute Gasteiger partial charge is 0.510 e. The Kier molecular flexibility index (Phi) is 4.47. The number of aromatic nitrogens is 6. The van der Waals surface area contributed by atoms with E-state index in [9.17, 15) is 9.90 Å². The maximum atomic E-state index is 12.1. The zero-order valence-corrected chi connectivity index (χ0v) is 13.7. The number of rotatable bonds is 5. The Morgan fingerprint density at radius 2 is 2.21 bits per heavy atom. The maximum absolute atomic E-state index is 12.1. The SMILES string of the molecule is COC(=O)/C(=C(\O)CSc1nnnn1C)c1nc2ccccc2[nH]1. The monoisotopic (exact) mass is 346 g/mol. The Morgan fingerprint density at radius 3 is 2.88 bits per heavy atom. The van der Waals surface area contributed by atoms with Crippen molar-refractivity contribution in [1.29, 1.82) is 0 Å². The fourth-order valence-electron chi connectivity index (χ4n) is 2.07. The van der Waals surface area contributed by atoms with Crippen LogP contribution in [0.15, 0.2) is 35.2 Å². The predicted octanol–water partition coefficient (Wildman–Crippen LogP) is 1.32. The number of thioether (sulfide) groups is 1. The van der Waals surface area contributed by atoms with Crippen LogP contribution in [0.4, 0.5) is 0 Å². The molecule has 0 fully saturated rings. The van der Waals surface area contributed by atoms with Gasteiger partial charge in [-0.05, 0) is 22.6 Å². The first-order valence-corrected chi connectivity index (χ1v) is 7.89. The zero-order valence-electron chi connectivity index (χ0n) is 12.9. The molecule has 2 heterocycles. The Bertz CT molecular complexity index is 883. The van der Waals surface area contributed by atoms with Gasteiger partial charge in [0, 0.05) is 7.05 Å². The first-order chi connectivity index (χ1) is 11.6. The quantitative estimate of drug-likeness (QED) is 0.307.